The Labute approximate surface area is 194 Å². The van der Waals surface area contributed by atoms with Crippen molar-refractivity contribution in [3.63, 3.8) is 0 Å². The second kappa shape index (κ2) is 8.31. The van der Waals surface area contributed by atoms with Crippen molar-refractivity contribution in [2.75, 3.05) is 13.2 Å². The predicted molar refractivity (Wildman–Crippen MR) is 121 cm³/mol. The molecule has 8 nitrogen and oxygen atoms in total. The number of pyridine rings is 1. The van der Waals surface area contributed by atoms with Crippen LogP contribution in [0.3, 0.4) is 0 Å². The Morgan fingerprint density at radius 3 is 2.52 bits per heavy atom. The highest BCUT2D eigenvalue weighted by atomic mass is 35.5. The second-order valence-corrected chi connectivity index (χ2v) is 8.40. The molecular weight excluding hydrogens is 446 g/mol. The lowest BCUT2D eigenvalue weighted by Crippen LogP contribution is -2.34. The Balaban J connectivity index is 1.22. The highest BCUT2D eigenvalue weighted by Crippen LogP contribution is 2.33. The molecule has 2 N–H and O–H groups in total. The molecule has 0 spiro atoms. The van der Waals surface area contributed by atoms with Crippen LogP contribution in [0.15, 0.2) is 60.7 Å². The van der Waals surface area contributed by atoms with E-state index >= 15 is 0 Å². The van der Waals surface area contributed by atoms with Gasteiger partial charge in [-0.25, -0.2) is 4.98 Å². The highest BCUT2D eigenvalue weighted by Gasteiger charge is 2.48. The largest absolute Gasteiger partial charge is 0.457 e. The minimum Gasteiger partial charge on any atom is -0.457 e. The molecule has 0 amide bonds. The molecule has 0 bridgehead atoms. The number of aromatic nitrogens is 3. The van der Waals surface area contributed by atoms with Gasteiger partial charge in [0.15, 0.2) is 11.8 Å². The van der Waals surface area contributed by atoms with E-state index in [1.54, 1.807) is 6.07 Å². The maximum atomic E-state index is 9.90. The van der Waals surface area contributed by atoms with E-state index in [2.05, 4.69) is 15.0 Å². The van der Waals surface area contributed by atoms with Crippen LogP contribution in [0.2, 0.25) is 5.02 Å². The molecule has 2 saturated heterocycles. The number of imidazole rings is 1. The predicted octanol–water partition coefficient (Wildman–Crippen LogP) is 3.98. The van der Waals surface area contributed by atoms with Gasteiger partial charge >= 0.3 is 0 Å². The fourth-order valence-corrected chi connectivity index (χ4v) is 4.41. The monoisotopic (exact) mass is 465 g/mol. The van der Waals surface area contributed by atoms with Crippen LogP contribution in [-0.4, -0.2) is 57.7 Å². The first-order chi connectivity index (χ1) is 16.1. The normalized spacial score (nSPS) is 24.2. The number of hydrogen-bond acceptors (Lipinski definition) is 7. The number of ether oxygens (including phenoxy) is 4. The quantitative estimate of drug-likeness (QED) is 0.460. The molecule has 0 radical (unpaired) electrons. The number of aliphatic hydroxyl groups is 1. The third-order valence-electron chi connectivity index (χ3n) is 5.76. The maximum Gasteiger partial charge on any atom is 0.296 e. The Morgan fingerprint density at radius 1 is 0.939 bits per heavy atom. The zero-order chi connectivity index (χ0) is 22.4. The molecule has 0 aliphatic carbocycles. The van der Waals surface area contributed by atoms with Gasteiger partial charge in [0.05, 0.1) is 29.4 Å². The van der Waals surface area contributed by atoms with Gasteiger partial charge in [0.2, 0.25) is 0 Å². The summed E-state index contributed by atoms with van der Waals surface area (Å²) in [7, 11) is 0. The number of para-hydroxylation sites is 1. The van der Waals surface area contributed by atoms with Crippen molar-refractivity contribution in [3.8, 4) is 28.8 Å². The molecule has 9 heteroatoms. The third-order valence-corrected chi connectivity index (χ3v) is 6.04. The van der Waals surface area contributed by atoms with E-state index in [9.17, 15) is 5.11 Å². The standard InChI is InChI=1S/C24H20ClN3O5/c25-16-10-17-23(28-24(26-17)33-19-12-31-21-18(29)11-30-22(19)21)27-20(16)13-6-8-15(9-7-13)32-14-4-2-1-3-5-14/h1-10,18-19,21-22,29H,11-12H2,(H,26,27,28)/t18-,19-,21-,22-/m1/s1. The summed E-state index contributed by atoms with van der Waals surface area (Å²) in [5.41, 5.74) is 2.59. The van der Waals surface area contributed by atoms with Gasteiger partial charge in [-0.1, -0.05) is 29.8 Å². The summed E-state index contributed by atoms with van der Waals surface area (Å²) in [6.45, 7) is 0.561. The molecule has 6 rings (SSSR count). The van der Waals surface area contributed by atoms with Crippen molar-refractivity contribution in [3.05, 3.63) is 65.7 Å². The molecule has 33 heavy (non-hydrogen) atoms. The zero-order valence-electron chi connectivity index (χ0n) is 17.3. The molecule has 2 aromatic heterocycles. The SMILES string of the molecule is O[C@@H]1CO[C@H]2[C@@H]1OC[C@H]2Oc1nc2nc(-c3ccc(Oc4ccccc4)cc3)c(Cl)cc2[nH]1. The Hall–Kier alpha value is -3.17. The summed E-state index contributed by atoms with van der Waals surface area (Å²) in [5.74, 6) is 1.48. The van der Waals surface area contributed by atoms with Crippen LogP contribution in [-0.2, 0) is 9.47 Å². The molecule has 0 saturated carbocycles. The number of nitrogens with zero attached hydrogens (tertiary/aromatic N) is 2. The maximum absolute atomic E-state index is 9.90. The van der Waals surface area contributed by atoms with E-state index in [-0.39, 0.29) is 24.9 Å². The summed E-state index contributed by atoms with van der Waals surface area (Å²) in [4.78, 5) is 12.2. The number of aliphatic hydroxyl groups excluding tert-OH is 1. The minimum atomic E-state index is -0.633. The van der Waals surface area contributed by atoms with Crippen LogP contribution in [0.1, 0.15) is 0 Å². The van der Waals surface area contributed by atoms with E-state index in [4.69, 9.17) is 30.5 Å². The van der Waals surface area contributed by atoms with Crippen molar-refractivity contribution < 1.29 is 24.1 Å². The van der Waals surface area contributed by atoms with Crippen molar-refractivity contribution in [1.82, 2.24) is 15.0 Å². The fourth-order valence-electron chi connectivity index (χ4n) is 4.15. The summed E-state index contributed by atoms with van der Waals surface area (Å²) >= 11 is 6.53. The molecule has 168 valence electrons. The van der Waals surface area contributed by atoms with Gasteiger partial charge in [-0.05, 0) is 42.5 Å². The number of rotatable bonds is 5. The average molecular weight is 466 g/mol. The van der Waals surface area contributed by atoms with Gasteiger partial charge in [-0.2, -0.15) is 4.98 Å². The van der Waals surface area contributed by atoms with Gasteiger partial charge in [0.25, 0.3) is 6.01 Å². The van der Waals surface area contributed by atoms with Crippen molar-refractivity contribution >= 4 is 22.8 Å². The first-order valence-electron chi connectivity index (χ1n) is 10.6. The highest BCUT2D eigenvalue weighted by molar-refractivity contribution is 6.33. The minimum absolute atomic E-state index is 0.241. The zero-order valence-corrected chi connectivity index (χ0v) is 18.1. The number of hydrogen-bond donors (Lipinski definition) is 2. The molecule has 4 aromatic rings. The van der Waals surface area contributed by atoms with E-state index in [0.717, 1.165) is 11.3 Å². The average Bonchev–Trinajstić information content (AvgIpc) is 3.51. The lowest BCUT2D eigenvalue weighted by atomic mass is 10.1. The second-order valence-electron chi connectivity index (χ2n) is 7.99. The summed E-state index contributed by atoms with van der Waals surface area (Å²) in [5, 5.41) is 10.4. The third kappa shape index (κ3) is 3.91. The molecule has 2 aliphatic heterocycles. The van der Waals surface area contributed by atoms with Crippen LogP contribution in [0.4, 0.5) is 0 Å². The lowest BCUT2D eigenvalue weighted by molar-refractivity contribution is 0.00706. The van der Waals surface area contributed by atoms with Gasteiger partial charge in [0, 0.05) is 5.56 Å². The van der Waals surface area contributed by atoms with Crippen LogP contribution in [0.5, 0.6) is 17.5 Å². The van der Waals surface area contributed by atoms with Crippen molar-refractivity contribution in [2.45, 2.75) is 24.4 Å². The van der Waals surface area contributed by atoms with Crippen molar-refractivity contribution in [2.24, 2.45) is 0 Å². The van der Waals surface area contributed by atoms with Crippen molar-refractivity contribution in [1.29, 1.82) is 0 Å². The summed E-state index contributed by atoms with van der Waals surface area (Å²) in [6, 6.07) is 19.2. The lowest BCUT2D eigenvalue weighted by Gasteiger charge is -2.15. The molecular formula is C24H20ClN3O5. The first kappa shape index (κ1) is 20.4. The van der Waals surface area contributed by atoms with E-state index in [1.807, 2.05) is 54.6 Å². The van der Waals surface area contributed by atoms with E-state index < -0.39 is 6.10 Å². The Morgan fingerprint density at radius 2 is 1.70 bits per heavy atom. The molecule has 4 atom stereocenters. The van der Waals surface area contributed by atoms with Gasteiger partial charge in [-0.3, -0.25) is 0 Å². The number of H-pyrrole nitrogens is 1. The Kier molecular flexibility index (Phi) is 5.15. The van der Waals surface area contributed by atoms with Gasteiger partial charge < -0.3 is 29.0 Å². The molecule has 2 aromatic carbocycles. The number of halogens is 1. The van der Waals surface area contributed by atoms with Crippen LogP contribution >= 0.6 is 11.6 Å². The molecule has 2 fully saturated rings. The summed E-state index contributed by atoms with van der Waals surface area (Å²) in [6.07, 6.45) is -1.68. The van der Waals surface area contributed by atoms with Gasteiger partial charge in [-0.15, -0.1) is 0 Å². The summed E-state index contributed by atoms with van der Waals surface area (Å²) < 4.78 is 23.0. The number of benzene rings is 2. The van der Waals surface area contributed by atoms with Crippen LogP contribution in [0.25, 0.3) is 22.4 Å². The molecule has 0 unspecified atom stereocenters. The number of aromatic amines is 1. The molecule has 4 heterocycles. The van der Waals surface area contributed by atoms with Gasteiger partial charge in [0.1, 0.15) is 29.8 Å². The molecule has 2 aliphatic rings. The number of fused-ring (bicyclic) bond motifs is 2. The number of nitrogens with one attached hydrogen (secondary N) is 1. The fraction of sp³-hybridized carbons (Fsp3) is 0.250. The topological polar surface area (TPSA) is 98.7 Å². The van der Waals surface area contributed by atoms with Crippen LogP contribution in [0, 0.1) is 0 Å². The van der Waals surface area contributed by atoms with E-state index in [0.29, 0.717) is 40.2 Å². The van der Waals surface area contributed by atoms with Crippen LogP contribution < -0.4 is 9.47 Å². The first-order valence-corrected chi connectivity index (χ1v) is 11.0. The van der Waals surface area contributed by atoms with E-state index in [1.165, 1.54) is 0 Å². The Bertz CT molecular complexity index is 1280. The smallest absolute Gasteiger partial charge is 0.296 e.